The summed E-state index contributed by atoms with van der Waals surface area (Å²) in [6.45, 7) is 3.63. The molecule has 0 atom stereocenters. The van der Waals surface area contributed by atoms with Crippen LogP contribution in [-0.4, -0.2) is 10.7 Å². The van der Waals surface area contributed by atoms with E-state index in [-0.39, 0.29) is 0 Å². The van der Waals surface area contributed by atoms with Gasteiger partial charge in [0, 0.05) is 0 Å². The Labute approximate surface area is 72.4 Å². The van der Waals surface area contributed by atoms with Crippen LogP contribution in [0.15, 0.2) is 24.3 Å². The van der Waals surface area contributed by atoms with E-state index in [0.29, 0.717) is 0 Å². The molecule has 12 heavy (non-hydrogen) atoms. The van der Waals surface area contributed by atoms with Crippen LogP contribution in [0, 0.1) is 0 Å². The zero-order valence-electron chi connectivity index (χ0n) is 7.33. The minimum Gasteiger partial charge on any atom is -0.386 e. The standard InChI is InChI=1S/C11H12O/c1-11(2,12)10-7-8-5-3-4-6-9(8)10/h3-7,12H,1-2H3. The van der Waals surface area contributed by atoms with Crippen LogP contribution in [0.3, 0.4) is 0 Å². The predicted molar refractivity (Wildman–Crippen MR) is 50.6 cm³/mol. The Morgan fingerprint density at radius 1 is 1.17 bits per heavy atom. The van der Waals surface area contributed by atoms with E-state index >= 15 is 0 Å². The highest BCUT2D eigenvalue weighted by Gasteiger charge is 2.27. The second-order valence-electron chi connectivity index (χ2n) is 3.70. The Balaban J connectivity index is 2.40. The maximum absolute atomic E-state index is 9.72. The highest BCUT2D eigenvalue weighted by atomic mass is 16.3. The van der Waals surface area contributed by atoms with Gasteiger partial charge in [0.1, 0.15) is 0 Å². The molecular formula is C11H12O. The third-order valence-corrected chi connectivity index (χ3v) is 2.21. The molecule has 0 radical (unpaired) electrons. The molecule has 1 N–H and O–H groups in total. The molecule has 0 spiro atoms. The molecule has 0 fully saturated rings. The number of aliphatic hydroxyl groups is 1. The molecule has 62 valence electrons. The van der Waals surface area contributed by atoms with Gasteiger partial charge in [0.25, 0.3) is 0 Å². The topological polar surface area (TPSA) is 20.2 Å². The van der Waals surface area contributed by atoms with Crippen LogP contribution in [-0.2, 0) is 0 Å². The monoisotopic (exact) mass is 160 g/mol. The maximum atomic E-state index is 9.72. The number of hydrogen-bond acceptors (Lipinski definition) is 1. The molecule has 2 rings (SSSR count). The number of benzene rings is 1. The van der Waals surface area contributed by atoms with E-state index in [0.717, 1.165) is 5.57 Å². The summed E-state index contributed by atoms with van der Waals surface area (Å²) < 4.78 is 0. The summed E-state index contributed by atoms with van der Waals surface area (Å²) in [6, 6.07) is 8.11. The van der Waals surface area contributed by atoms with Crippen molar-refractivity contribution in [2.24, 2.45) is 0 Å². The summed E-state index contributed by atoms with van der Waals surface area (Å²) in [4.78, 5) is 0. The Morgan fingerprint density at radius 3 is 2.42 bits per heavy atom. The van der Waals surface area contributed by atoms with Gasteiger partial charge in [-0.2, -0.15) is 0 Å². The highest BCUT2D eigenvalue weighted by molar-refractivity contribution is 5.98. The summed E-state index contributed by atoms with van der Waals surface area (Å²) in [5.74, 6) is 0. The second kappa shape index (κ2) is 2.20. The van der Waals surface area contributed by atoms with Crippen molar-refractivity contribution in [2.75, 3.05) is 0 Å². The molecule has 0 aromatic heterocycles. The summed E-state index contributed by atoms with van der Waals surface area (Å²) >= 11 is 0. The van der Waals surface area contributed by atoms with Gasteiger partial charge in [-0.05, 0) is 36.6 Å². The lowest BCUT2D eigenvalue weighted by Gasteiger charge is -2.29. The van der Waals surface area contributed by atoms with Crippen LogP contribution in [0.25, 0.3) is 11.6 Å². The molecule has 1 aliphatic rings. The van der Waals surface area contributed by atoms with Gasteiger partial charge in [0.2, 0.25) is 0 Å². The Kier molecular flexibility index (Phi) is 1.39. The Morgan fingerprint density at radius 2 is 1.83 bits per heavy atom. The van der Waals surface area contributed by atoms with Crippen molar-refractivity contribution in [3.8, 4) is 0 Å². The van der Waals surface area contributed by atoms with Gasteiger partial charge in [-0.1, -0.05) is 24.3 Å². The van der Waals surface area contributed by atoms with Gasteiger partial charge in [-0.3, -0.25) is 0 Å². The fraction of sp³-hybridized carbons (Fsp3) is 0.273. The van der Waals surface area contributed by atoms with E-state index in [1.54, 1.807) is 0 Å². The normalized spacial score (nSPS) is 14.8. The first-order valence-corrected chi connectivity index (χ1v) is 4.13. The fourth-order valence-electron chi connectivity index (χ4n) is 1.53. The SMILES string of the molecule is CC(C)(O)C1=Cc2ccccc21. The van der Waals surface area contributed by atoms with Crippen LogP contribution in [0.2, 0.25) is 0 Å². The van der Waals surface area contributed by atoms with Crippen molar-refractivity contribution >= 4 is 11.6 Å². The number of fused-ring (bicyclic) bond motifs is 1. The summed E-state index contributed by atoms with van der Waals surface area (Å²) in [6.07, 6.45) is 2.04. The smallest absolute Gasteiger partial charge is 0.0846 e. The molecule has 1 heteroatoms. The fourth-order valence-corrected chi connectivity index (χ4v) is 1.53. The van der Waals surface area contributed by atoms with Crippen molar-refractivity contribution in [3.63, 3.8) is 0 Å². The quantitative estimate of drug-likeness (QED) is 0.668. The van der Waals surface area contributed by atoms with E-state index in [4.69, 9.17) is 0 Å². The van der Waals surface area contributed by atoms with Gasteiger partial charge >= 0.3 is 0 Å². The lowest BCUT2D eigenvalue weighted by atomic mass is 9.80. The second-order valence-corrected chi connectivity index (χ2v) is 3.70. The Bertz CT molecular complexity index is 342. The van der Waals surface area contributed by atoms with Gasteiger partial charge < -0.3 is 5.11 Å². The average Bonchev–Trinajstić information content (AvgIpc) is 1.88. The first-order chi connectivity index (χ1) is 5.59. The Hall–Kier alpha value is -1.08. The molecular weight excluding hydrogens is 148 g/mol. The molecule has 0 heterocycles. The highest BCUT2D eigenvalue weighted by Crippen LogP contribution is 2.38. The van der Waals surface area contributed by atoms with Crippen molar-refractivity contribution in [3.05, 3.63) is 35.4 Å². The lowest BCUT2D eigenvalue weighted by Crippen LogP contribution is -2.24. The molecule has 1 aromatic carbocycles. The largest absolute Gasteiger partial charge is 0.386 e. The minimum absolute atomic E-state index is 0.700. The van der Waals surface area contributed by atoms with Crippen molar-refractivity contribution in [1.82, 2.24) is 0 Å². The van der Waals surface area contributed by atoms with E-state index in [1.807, 2.05) is 38.1 Å². The number of rotatable bonds is 1. The zero-order valence-corrected chi connectivity index (χ0v) is 7.33. The van der Waals surface area contributed by atoms with E-state index in [1.165, 1.54) is 11.1 Å². The third-order valence-electron chi connectivity index (χ3n) is 2.21. The van der Waals surface area contributed by atoms with Crippen LogP contribution in [0.4, 0.5) is 0 Å². The summed E-state index contributed by atoms with van der Waals surface area (Å²) in [5.41, 5.74) is 2.76. The predicted octanol–water partition coefficient (Wildman–Crippen LogP) is 2.31. The molecule has 1 aliphatic carbocycles. The lowest BCUT2D eigenvalue weighted by molar-refractivity contribution is 0.144. The van der Waals surface area contributed by atoms with Crippen LogP contribution < -0.4 is 0 Å². The van der Waals surface area contributed by atoms with Crippen molar-refractivity contribution < 1.29 is 5.11 Å². The zero-order chi connectivity index (χ0) is 8.77. The first-order valence-electron chi connectivity index (χ1n) is 4.13. The molecule has 0 saturated carbocycles. The molecule has 0 unspecified atom stereocenters. The molecule has 1 aromatic rings. The molecule has 0 saturated heterocycles. The molecule has 0 bridgehead atoms. The van der Waals surface area contributed by atoms with Gasteiger partial charge in [0.05, 0.1) is 5.60 Å². The van der Waals surface area contributed by atoms with Gasteiger partial charge in [-0.25, -0.2) is 0 Å². The van der Waals surface area contributed by atoms with Gasteiger partial charge in [0.15, 0.2) is 0 Å². The van der Waals surface area contributed by atoms with Crippen LogP contribution >= 0.6 is 0 Å². The average molecular weight is 160 g/mol. The molecule has 0 amide bonds. The van der Waals surface area contributed by atoms with E-state index in [2.05, 4.69) is 6.07 Å². The van der Waals surface area contributed by atoms with E-state index in [9.17, 15) is 5.11 Å². The maximum Gasteiger partial charge on any atom is 0.0846 e. The molecule has 0 aliphatic heterocycles. The third kappa shape index (κ3) is 0.978. The van der Waals surface area contributed by atoms with Gasteiger partial charge in [-0.15, -0.1) is 0 Å². The minimum atomic E-state index is -0.700. The molecule has 1 nitrogen and oxygen atoms in total. The van der Waals surface area contributed by atoms with E-state index < -0.39 is 5.60 Å². The van der Waals surface area contributed by atoms with Crippen LogP contribution in [0.1, 0.15) is 25.0 Å². The van der Waals surface area contributed by atoms with Crippen LogP contribution in [0.5, 0.6) is 0 Å². The summed E-state index contributed by atoms with van der Waals surface area (Å²) in [7, 11) is 0. The number of hydrogen-bond donors (Lipinski definition) is 1. The van der Waals surface area contributed by atoms with Crippen molar-refractivity contribution in [1.29, 1.82) is 0 Å². The summed E-state index contributed by atoms with van der Waals surface area (Å²) in [5, 5.41) is 9.72. The van der Waals surface area contributed by atoms with Crippen molar-refractivity contribution in [2.45, 2.75) is 19.4 Å². The first kappa shape index (κ1) is 7.56.